The quantitative estimate of drug-likeness (QED) is 0.496. The van der Waals surface area contributed by atoms with Gasteiger partial charge in [0, 0.05) is 13.1 Å². The van der Waals surface area contributed by atoms with Crippen LogP contribution in [-0.2, 0) is 4.74 Å². The maximum Gasteiger partial charge on any atom is 0.0993 e. The third-order valence-electron chi connectivity index (χ3n) is 1.79. The van der Waals surface area contributed by atoms with Crippen molar-refractivity contribution in [3.8, 4) is 0 Å². The lowest BCUT2D eigenvalue weighted by Crippen LogP contribution is -2.38. The van der Waals surface area contributed by atoms with E-state index in [0.717, 1.165) is 13.1 Å². The van der Waals surface area contributed by atoms with Gasteiger partial charge in [0.25, 0.3) is 0 Å². The fourth-order valence-corrected chi connectivity index (χ4v) is 1.15. The van der Waals surface area contributed by atoms with Crippen LogP contribution in [0.25, 0.3) is 0 Å². The average Bonchev–Trinajstić information content (AvgIpc) is 2.15. The Balaban J connectivity index is 2.49. The van der Waals surface area contributed by atoms with Gasteiger partial charge >= 0.3 is 0 Å². The fourth-order valence-electron chi connectivity index (χ4n) is 1.09. The molecular weight excluding hydrogens is 190 g/mol. The summed E-state index contributed by atoms with van der Waals surface area (Å²) in [6.07, 6.45) is 3.28. The molecule has 13 heavy (non-hydrogen) atoms. The van der Waals surface area contributed by atoms with Crippen molar-refractivity contribution in [1.29, 1.82) is 0 Å². The van der Waals surface area contributed by atoms with E-state index < -0.39 is 0 Å². The second-order valence-corrected chi connectivity index (χ2v) is 3.18. The number of hydrogen-bond donors (Lipinski definition) is 2. The van der Waals surface area contributed by atoms with Crippen LogP contribution in [0, 0.1) is 0 Å². The van der Waals surface area contributed by atoms with Gasteiger partial charge in [-0.3, -0.25) is 0 Å². The molecule has 0 saturated carbocycles. The van der Waals surface area contributed by atoms with Gasteiger partial charge in [-0.15, -0.1) is 0 Å². The highest BCUT2D eigenvalue weighted by Gasteiger charge is 2.09. The molecule has 1 aliphatic rings. The number of nitrogens with two attached hydrogens (primary N) is 2. The average molecular weight is 204 g/mol. The second-order valence-electron chi connectivity index (χ2n) is 2.74. The first-order valence-corrected chi connectivity index (χ1v) is 4.49. The van der Waals surface area contributed by atoms with Gasteiger partial charge in [0.15, 0.2) is 0 Å². The monoisotopic (exact) mass is 203 g/mol. The van der Waals surface area contributed by atoms with Gasteiger partial charge in [-0.25, -0.2) is 0 Å². The highest BCUT2D eigenvalue weighted by molar-refractivity contribution is 6.29. The topological polar surface area (TPSA) is 64.5 Å². The standard InChI is InChI=1S/C8H14ClN3O/c9-7(10)1-2-8(11)12-3-5-13-6-4-12/h1-2H,3-6,10-11H2/b7-1-,8-2+. The normalized spacial score (nSPS) is 20.5. The van der Waals surface area contributed by atoms with E-state index in [9.17, 15) is 0 Å². The molecule has 0 spiro atoms. The molecule has 0 aliphatic carbocycles. The van der Waals surface area contributed by atoms with E-state index in [4.69, 9.17) is 27.8 Å². The Morgan fingerprint density at radius 2 is 1.85 bits per heavy atom. The van der Waals surface area contributed by atoms with Gasteiger partial charge in [0.05, 0.1) is 24.2 Å². The fraction of sp³-hybridized carbons (Fsp3) is 0.500. The number of rotatable bonds is 2. The van der Waals surface area contributed by atoms with E-state index in [2.05, 4.69) is 0 Å². The molecule has 4 N–H and O–H groups in total. The zero-order valence-electron chi connectivity index (χ0n) is 7.37. The zero-order valence-corrected chi connectivity index (χ0v) is 8.13. The predicted octanol–water partition coefficient (Wildman–Crippen LogP) is 0.158. The van der Waals surface area contributed by atoms with Crippen molar-refractivity contribution in [1.82, 2.24) is 4.90 Å². The molecule has 1 fully saturated rings. The van der Waals surface area contributed by atoms with Gasteiger partial charge in [0.2, 0.25) is 0 Å². The number of halogens is 1. The number of hydrogen-bond acceptors (Lipinski definition) is 4. The van der Waals surface area contributed by atoms with E-state index in [1.165, 1.54) is 0 Å². The van der Waals surface area contributed by atoms with Crippen molar-refractivity contribution < 1.29 is 4.74 Å². The van der Waals surface area contributed by atoms with Gasteiger partial charge in [-0.1, -0.05) is 11.6 Å². The summed E-state index contributed by atoms with van der Waals surface area (Å²) >= 11 is 5.46. The van der Waals surface area contributed by atoms with Gasteiger partial charge < -0.3 is 21.1 Å². The minimum atomic E-state index is 0.233. The summed E-state index contributed by atoms with van der Waals surface area (Å²) in [5, 5.41) is 0.233. The molecule has 4 nitrogen and oxygen atoms in total. The Labute approximate surface area is 82.8 Å². The molecule has 0 aromatic rings. The molecule has 1 rings (SSSR count). The molecule has 0 atom stereocenters. The lowest BCUT2D eigenvalue weighted by atomic mass is 10.4. The van der Waals surface area contributed by atoms with Crippen LogP contribution >= 0.6 is 11.6 Å². The summed E-state index contributed by atoms with van der Waals surface area (Å²) in [4.78, 5) is 2.03. The molecule has 0 aromatic heterocycles. The molecule has 0 radical (unpaired) electrons. The predicted molar refractivity (Wildman–Crippen MR) is 52.8 cm³/mol. The smallest absolute Gasteiger partial charge is 0.0993 e. The van der Waals surface area contributed by atoms with Gasteiger partial charge in [0.1, 0.15) is 0 Å². The Hall–Kier alpha value is -0.870. The SMILES string of the molecule is N/C(Cl)=C\C=C(/N)N1CCOCC1. The number of nitrogens with zero attached hydrogens (tertiary/aromatic N) is 1. The van der Waals surface area contributed by atoms with E-state index in [-0.39, 0.29) is 5.16 Å². The first-order valence-electron chi connectivity index (χ1n) is 4.11. The van der Waals surface area contributed by atoms with Crippen LogP contribution in [0.3, 0.4) is 0 Å². The van der Waals surface area contributed by atoms with E-state index in [0.29, 0.717) is 19.0 Å². The lowest BCUT2D eigenvalue weighted by Gasteiger charge is -2.28. The van der Waals surface area contributed by atoms with Crippen LogP contribution in [0.1, 0.15) is 0 Å². The number of morpholine rings is 1. The van der Waals surface area contributed by atoms with Crippen LogP contribution in [0.15, 0.2) is 23.1 Å². The highest BCUT2D eigenvalue weighted by Crippen LogP contribution is 2.03. The second kappa shape index (κ2) is 4.99. The third-order valence-corrected chi connectivity index (χ3v) is 1.92. The minimum Gasteiger partial charge on any atom is -0.389 e. The minimum absolute atomic E-state index is 0.233. The molecule has 0 bridgehead atoms. The first-order chi connectivity index (χ1) is 6.20. The Morgan fingerprint density at radius 1 is 1.23 bits per heavy atom. The van der Waals surface area contributed by atoms with Gasteiger partial charge in [-0.2, -0.15) is 0 Å². The van der Waals surface area contributed by atoms with Crippen molar-refractivity contribution in [2.24, 2.45) is 11.5 Å². The van der Waals surface area contributed by atoms with Crippen LogP contribution < -0.4 is 11.5 Å². The van der Waals surface area contributed by atoms with E-state index in [1.54, 1.807) is 12.2 Å². The maximum absolute atomic E-state index is 5.77. The molecule has 1 heterocycles. The van der Waals surface area contributed by atoms with Crippen LogP contribution in [0.4, 0.5) is 0 Å². The molecule has 0 unspecified atom stereocenters. The Bertz CT molecular complexity index is 217. The highest BCUT2D eigenvalue weighted by atomic mass is 35.5. The van der Waals surface area contributed by atoms with Crippen LogP contribution in [0.5, 0.6) is 0 Å². The number of ether oxygens (including phenoxy) is 1. The Kier molecular flexibility index (Phi) is 3.92. The van der Waals surface area contributed by atoms with Crippen molar-refractivity contribution in [3.63, 3.8) is 0 Å². The van der Waals surface area contributed by atoms with Gasteiger partial charge in [-0.05, 0) is 12.2 Å². The first kappa shape index (κ1) is 10.2. The Morgan fingerprint density at radius 3 is 2.38 bits per heavy atom. The molecule has 0 aromatic carbocycles. The maximum atomic E-state index is 5.77. The van der Waals surface area contributed by atoms with E-state index >= 15 is 0 Å². The molecule has 1 saturated heterocycles. The molecule has 5 heteroatoms. The summed E-state index contributed by atoms with van der Waals surface area (Å²) in [5.74, 6) is 0.673. The molecular formula is C8H14ClN3O. The molecule has 1 aliphatic heterocycles. The summed E-state index contributed by atoms with van der Waals surface area (Å²) < 4.78 is 5.18. The van der Waals surface area contributed by atoms with E-state index in [1.807, 2.05) is 4.90 Å². The summed E-state index contributed by atoms with van der Waals surface area (Å²) in [6, 6.07) is 0. The zero-order chi connectivity index (χ0) is 9.68. The van der Waals surface area contributed by atoms with Crippen LogP contribution in [-0.4, -0.2) is 31.2 Å². The van der Waals surface area contributed by atoms with Crippen molar-refractivity contribution in [2.75, 3.05) is 26.3 Å². The summed E-state index contributed by atoms with van der Waals surface area (Å²) in [5.41, 5.74) is 11.0. The summed E-state index contributed by atoms with van der Waals surface area (Å²) in [6.45, 7) is 3.07. The van der Waals surface area contributed by atoms with Crippen molar-refractivity contribution >= 4 is 11.6 Å². The summed E-state index contributed by atoms with van der Waals surface area (Å²) in [7, 11) is 0. The third kappa shape index (κ3) is 3.57. The van der Waals surface area contributed by atoms with Crippen molar-refractivity contribution in [3.05, 3.63) is 23.1 Å². The largest absolute Gasteiger partial charge is 0.389 e. The molecule has 0 amide bonds. The van der Waals surface area contributed by atoms with Crippen molar-refractivity contribution in [2.45, 2.75) is 0 Å². The lowest BCUT2D eigenvalue weighted by molar-refractivity contribution is 0.0530. The molecule has 74 valence electrons. The van der Waals surface area contributed by atoms with Crippen LogP contribution in [0.2, 0.25) is 0 Å². The number of allylic oxidation sites excluding steroid dienone is 2.